The van der Waals surface area contributed by atoms with Gasteiger partial charge in [-0.1, -0.05) is 50.6 Å². The first-order valence-corrected chi connectivity index (χ1v) is 12.6. The van der Waals surface area contributed by atoms with Crippen LogP contribution in [0.2, 0.25) is 0 Å². The number of anilines is 1. The fourth-order valence-electron chi connectivity index (χ4n) is 3.63. The zero-order valence-electron chi connectivity index (χ0n) is 21.2. The van der Waals surface area contributed by atoms with Gasteiger partial charge in [0.15, 0.2) is 6.61 Å². The average Bonchev–Trinajstić information content (AvgIpc) is 3.22. The summed E-state index contributed by atoms with van der Waals surface area (Å²) < 4.78 is 16.7. The van der Waals surface area contributed by atoms with Gasteiger partial charge >= 0.3 is 5.97 Å². The number of thiophene rings is 1. The average molecular weight is 496 g/mol. The minimum absolute atomic E-state index is 0.130. The van der Waals surface area contributed by atoms with Crippen LogP contribution in [0.3, 0.4) is 0 Å². The molecule has 0 radical (unpaired) electrons. The molecule has 0 spiro atoms. The molecule has 1 amide bonds. The van der Waals surface area contributed by atoms with Gasteiger partial charge in [-0.25, -0.2) is 4.79 Å². The third-order valence-electron chi connectivity index (χ3n) is 5.30. The van der Waals surface area contributed by atoms with Crippen LogP contribution in [-0.4, -0.2) is 31.7 Å². The Kier molecular flexibility index (Phi) is 8.57. The second-order valence-electron chi connectivity index (χ2n) is 9.12. The molecule has 0 aliphatic carbocycles. The molecule has 0 unspecified atom stereocenters. The van der Waals surface area contributed by atoms with Gasteiger partial charge in [0.25, 0.3) is 5.91 Å². The molecule has 35 heavy (non-hydrogen) atoms. The zero-order chi connectivity index (χ0) is 25.6. The quantitative estimate of drug-likeness (QED) is 0.338. The van der Waals surface area contributed by atoms with E-state index < -0.39 is 5.97 Å². The molecule has 0 aliphatic rings. The molecular weight excluding hydrogens is 462 g/mol. The zero-order valence-corrected chi connectivity index (χ0v) is 22.0. The molecule has 0 saturated heterocycles. The number of amides is 1. The highest BCUT2D eigenvalue weighted by atomic mass is 32.1. The fraction of sp³-hybridized carbons (Fsp3) is 0.357. The van der Waals surface area contributed by atoms with E-state index in [-0.39, 0.29) is 24.5 Å². The van der Waals surface area contributed by atoms with Crippen LogP contribution < -0.4 is 14.8 Å². The predicted octanol–water partition coefficient (Wildman–Crippen LogP) is 6.61. The summed E-state index contributed by atoms with van der Waals surface area (Å²) in [4.78, 5) is 25.6. The number of rotatable bonds is 9. The number of aryl methyl sites for hydroxylation is 1. The first-order valence-electron chi connectivity index (χ1n) is 11.7. The van der Waals surface area contributed by atoms with Crippen LogP contribution in [-0.2, 0) is 14.9 Å². The van der Waals surface area contributed by atoms with E-state index in [4.69, 9.17) is 14.2 Å². The minimum Gasteiger partial charge on any atom is -0.494 e. The Labute approximate surface area is 211 Å². The highest BCUT2D eigenvalue weighted by molar-refractivity contribution is 7.15. The molecule has 0 aliphatic heterocycles. The summed E-state index contributed by atoms with van der Waals surface area (Å²) >= 11 is 1.28. The van der Waals surface area contributed by atoms with Crippen LogP contribution in [0, 0.1) is 6.92 Å². The van der Waals surface area contributed by atoms with E-state index in [0.717, 1.165) is 22.4 Å². The van der Waals surface area contributed by atoms with E-state index >= 15 is 0 Å². The lowest BCUT2D eigenvalue weighted by molar-refractivity contribution is -0.118. The lowest BCUT2D eigenvalue weighted by atomic mass is 9.85. The summed E-state index contributed by atoms with van der Waals surface area (Å²) in [6, 6.07) is 13.4. The van der Waals surface area contributed by atoms with E-state index in [1.54, 1.807) is 6.92 Å². The van der Waals surface area contributed by atoms with Gasteiger partial charge in [0.05, 0.1) is 13.2 Å². The normalized spacial score (nSPS) is 11.1. The van der Waals surface area contributed by atoms with E-state index in [1.807, 2.05) is 55.6 Å². The smallest absolute Gasteiger partial charge is 0.341 e. The number of nitrogens with one attached hydrogen (secondary N) is 1. The predicted molar refractivity (Wildman–Crippen MR) is 141 cm³/mol. The molecule has 0 fully saturated rings. The summed E-state index contributed by atoms with van der Waals surface area (Å²) in [6.45, 7) is 12.7. The standard InChI is InChI=1S/C28H33NO5S/c1-7-32-20-12-10-19(11-13-20)21-17-35-26(25(21)27(31)33-8-2)29-24(30)16-34-23-14-9-18(3)15-22(23)28(4,5)6/h9-15,17H,7-8,16H2,1-6H3,(H,29,30). The number of esters is 1. The first kappa shape index (κ1) is 26.3. The summed E-state index contributed by atoms with van der Waals surface area (Å²) in [7, 11) is 0. The van der Waals surface area contributed by atoms with Crippen LogP contribution >= 0.6 is 11.3 Å². The van der Waals surface area contributed by atoms with E-state index in [2.05, 4.69) is 32.2 Å². The number of hydrogen-bond donors (Lipinski definition) is 1. The van der Waals surface area contributed by atoms with Gasteiger partial charge in [0, 0.05) is 10.9 Å². The molecule has 2 aromatic carbocycles. The highest BCUT2D eigenvalue weighted by Crippen LogP contribution is 2.37. The maximum atomic E-state index is 12.8. The van der Waals surface area contributed by atoms with E-state index in [9.17, 15) is 9.59 Å². The number of hydrogen-bond acceptors (Lipinski definition) is 6. The Hall–Kier alpha value is -3.32. The summed E-state index contributed by atoms with van der Waals surface area (Å²) in [5, 5.41) is 5.12. The maximum absolute atomic E-state index is 12.8. The Balaban J connectivity index is 1.81. The summed E-state index contributed by atoms with van der Waals surface area (Å²) in [5.41, 5.74) is 3.90. The molecule has 1 N–H and O–H groups in total. The molecule has 1 aromatic heterocycles. The van der Waals surface area contributed by atoms with Gasteiger partial charge in [-0.05, 0) is 55.5 Å². The van der Waals surface area contributed by atoms with Crippen molar-refractivity contribution in [1.29, 1.82) is 0 Å². The molecule has 3 aromatic rings. The lowest BCUT2D eigenvalue weighted by Gasteiger charge is -2.23. The molecular formula is C28H33NO5S. The van der Waals surface area contributed by atoms with Crippen LogP contribution in [0.4, 0.5) is 5.00 Å². The van der Waals surface area contributed by atoms with Crippen LogP contribution in [0.5, 0.6) is 11.5 Å². The third kappa shape index (κ3) is 6.63. The molecule has 0 bridgehead atoms. The second-order valence-corrected chi connectivity index (χ2v) is 10.00. The van der Waals surface area contributed by atoms with Gasteiger partial charge in [-0.3, -0.25) is 4.79 Å². The Bertz CT molecular complexity index is 1180. The van der Waals surface area contributed by atoms with Crippen molar-refractivity contribution in [2.24, 2.45) is 0 Å². The van der Waals surface area contributed by atoms with Gasteiger partial charge in [0.1, 0.15) is 22.1 Å². The molecule has 186 valence electrons. The van der Waals surface area contributed by atoms with Crippen molar-refractivity contribution in [2.75, 3.05) is 25.1 Å². The van der Waals surface area contributed by atoms with Crippen LogP contribution in [0.25, 0.3) is 11.1 Å². The Morgan fingerprint density at radius 1 is 0.971 bits per heavy atom. The van der Waals surface area contributed by atoms with Gasteiger partial charge < -0.3 is 19.5 Å². The number of benzene rings is 2. The number of ether oxygens (including phenoxy) is 3. The molecule has 7 heteroatoms. The fourth-order valence-corrected chi connectivity index (χ4v) is 4.60. The largest absolute Gasteiger partial charge is 0.494 e. The van der Waals surface area contributed by atoms with Gasteiger partial charge in [-0.2, -0.15) is 0 Å². The van der Waals surface area contributed by atoms with Gasteiger partial charge in [0.2, 0.25) is 0 Å². The topological polar surface area (TPSA) is 73.9 Å². The van der Waals surface area contributed by atoms with Gasteiger partial charge in [-0.15, -0.1) is 11.3 Å². The minimum atomic E-state index is -0.484. The van der Waals surface area contributed by atoms with Crippen molar-refractivity contribution < 1.29 is 23.8 Å². The van der Waals surface area contributed by atoms with Crippen LogP contribution in [0.1, 0.15) is 56.1 Å². The van der Waals surface area contributed by atoms with Crippen molar-refractivity contribution in [3.05, 3.63) is 64.5 Å². The molecule has 0 saturated carbocycles. The Morgan fingerprint density at radius 2 is 1.69 bits per heavy atom. The SMILES string of the molecule is CCOC(=O)c1c(-c2ccc(OCC)cc2)csc1NC(=O)COc1ccc(C)cc1C(C)(C)C. The van der Waals surface area contributed by atoms with Crippen molar-refractivity contribution >= 4 is 28.2 Å². The maximum Gasteiger partial charge on any atom is 0.341 e. The number of carbonyl (C=O) groups is 2. The summed E-state index contributed by atoms with van der Waals surface area (Å²) in [6.07, 6.45) is 0. The van der Waals surface area contributed by atoms with Crippen molar-refractivity contribution in [1.82, 2.24) is 0 Å². The second kappa shape index (κ2) is 11.4. The molecule has 6 nitrogen and oxygen atoms in total. The Morgan fingerprint density at radius 3 is 2.31 bits per heavy atom. The van der Waals surface area contributed by atoms with Crippen molar-refractivity contribution in [2.45, 2.75) is 47.0 Å². The van der Waals surface area contributed by atoms with Crippen molar-refractivity contribution in [3.8, 4) is 22.6 Å². The molecule has 0 atom stereocenters. The first-order chi connectivity index (χ1) is 16.6. The molecule has 1 heterocycles. The van der Waals surface area contributed by atoms with E-state index in [0.29, 0.717) is 28.5 Å². The molecule has 3 rings (SSSR count). The highest BCUT2D eigenvalue weighted by Gasteiger charge is 2.24. The monoisotopic (exact) mass is 495 g/mol. The lowest BCUT2D eigenvalue weighted by Crippen LogP contribution is -2.22. The number of carbonyl (C=O) groups excluding carboxylic acids is 2. The van der Waals surface area contributed by atoms with Crippen LogP contribution in [0.15, 0.2) is 47.8 Å². The third-order valence-corrected chi connectivity index (χ3v) is 6.20. The summed E-state index contributed by atoms with van der Waals surface area (Å²) in [5.74, 6) is 0.587. The van der Waals surface area contributed by atoms with E-state index in [1.165, 1.54) is 11.3 Å². The van der Waals surface area contributed by atoms with Crippen molar-refractivity contribution in [3.63, 3.8) is 0 Å².